The van der Waals surface area contributed by atoms with E-state index >= 15 is 0 Å². The molecule has 2 N–H and O–H groups in total. The lowest BCUT2D eigenvalue weighted by Crippen LogP contribution is -2.27. The van der Waals surface area contributed by atoms with Gasteiger partial charge in [0, 0.05) is 6.08 Å². The van der Waals surface area contributed by atoms with Crippen molar-refractivity contribution in [2.24, 2.45) is 0 Å². The van der Waals surface area contributed by atoms with Gasteiger partial charge in [0.1, 0.15) is 6.54 Å². The predicted octanol–water partition coefficient (Wildman–Crippen LogP) is 2.09. The highest BCUT2D eigenvalue weighted by Gasteiger charge is 2.05. The molecule has 1 amide bonds. The van der Waals surface area contributed by atoms with Gasteiger partial charge in [-0.15, -0.1) is 0 Å². The lowest BCUT2D eigenvalue weighted by Gasteiger charge is -2.10. The SMILES string of the molecule is CCCCOc1ccc(/C=C/C(=O)NCC(=O)O)cc1OC. The molecule has 22 heavy (non-hydrogen) atoms. The number of benzene rings is 1. The van der Waals surface area contributed by atoms with Gasteiger partial charge >= 0.3 is 5.97 Å². The summed E-state index contributed by atoms with van der Waals surface area (Å²) in [4.78, 5) is 21.7. The number of amides is 1. The highest BCUT2D eigenvalue weighted by Crippen LogP contribution is 2.28. The van der Waals surface area contributed by atoms with Crippen molar-refractivity contribution in [2.75, 3.05) is 20.3 Å². The summed E-state index contributed by atoms with van der Waals surface area (Å²) in [5, 5.41) is 10.7. The number of methoxy groups -OCH3 is 1. The molecule has 1 aromatic rings. The minimum Gasteiger partial charge on any atom is -0.493 e. The van der Waals surface area contributed by atoms with E-state index in [1.54, 1.807) is 31.4 Å². The van der Waals surface area contributed by atoms with Gasteiger partial charge in [0.2, 0.25) is 5.91 Å². The average Bonchev–Trinajstić information content (AvgIpc) is 2.51. The molecular formula is C16H21NO5. The van der Waals surface area contributed by atoms with Crippen LogP contribution in [0.15, 0.2) is 24.3 Å². The first-order valence-corrected chi connectivity index (χ1v) is 7.05. The Balaban J connectivity index is 2.68. The molecule has 6 nitrogen and oxygen atoms in total. The fraction of sp³-hybridized carbons (Fsp3) is 0.375. The van der Waals surface area contributed by atoms with Crippen LogP contribution in [0.5, 0.6) is 11.5 Å². The van der Waals surface area contributed by atoms with E-state index in [1.165, 1.54) is 6.08 Å². The number of carbonyl (C=O) groups is 2. The van der Waals surface area contributed by atoms with Gasteiger partial charge < -0.3 is 19.9 Å². The zero-order valence-electron chi connectivity index (χ0n) is 12.8. The lowest BCUT2D eigenvalue weighted by atomic mass is 10.2. The molecule has 0 heterocycles. The van der Waals surface area contributed by atoms with Crippen molar-refractivity contribution in [3.8, 4) is 11.5 Å². The van der Waals surface area contributed by atoms with E-state index in [0.29, 0.717) is 18.1 Å². The monoisotopic (exact) mass is 307 g/mol. The average molecular weight is 307 g/mol. The first kappa shape index (κ1) is 17.6. The Morgan fingerprint density at radius 3 is 2.73 bits per heavy atom. The van der Waals surface area contributed by atoms with Crippen LogP contribution in [0, 0.1) is 0 Å². The lowest BCUT2D eigenvalue weighted by molar-refractivity contribution is -0.137. The van der Waals surface area contributed by atoms with Gasteiger partial charge in [-0.2, -0.15) is 0 Å². The third-order valence-corrected chi connectivity index (χ3v) is 2.78. The molecule has 0 atom stereocenters. The fourth-order valence-corrected chi connectivity index (χ4v) is 1.63. The Morgan fingerprint density at radius 1 is 1.32 bits per heavy atom. The Bertz CT molecular complexity index is 539. The predicted molar refractivity (Wildman–Crippen MR) is 83.1 cm³/mol. The molecule has 0 aliphatic rings. The molecule has 0 aromatic heterocycles. The maximum Gasteiger partial charge on any atom is 0.322 e. The van der Waals surface area contributed by atoms with Crippen molar-refractivity contribution in [1.29, 1.82) is 0 Å². The Labute approximate surface area is 129 Å². The largest absolute Gasteiger partial charge is 0.493 e. The summed E-state index contributed by atoms with van der Waals surface area (Å²) in [6, 6.07) is 5.33. The molecule has 0 aliphatic carbocycles. The fourth-order valence-electron chi connectivity index (χ4n) is 1.63. The minimum absolute atomic E-state index is 0.406. The van der Waals surface area contributed by atoms with Gasteiger partial charge in [0.05, 0.1) is 13.7 Å². The number of rotatable bonds is 9. The van der Waals surface area contributed by atoms with Gasteiger partial charge in [-0.3, -0.25) is 9.59 Å². The van der Waals surface area contributed by atoms with Gasteiger partial charge in [0.15, 0.2) is 11.5 Å². The van der Waals surface area contributed by atoms with Crippen LogP contribution in [0.4, 0.5) is 0 Å². The Kier molecular flexibility index (Phi) is 7.53. The molecule has 0 radical (unpaired) electrons. The maximum absolute atomic E-state index is 11.4. The summed E-state index contributed by atoms with van der Waals surface area (Å²) in [6.45, 7) is 2.31. The minimum atomic E-state index is -1.09. The highest BCUT2D eigenvalue weighted by molar-refractivity contribution is 5.93. The molecule has 6 heteroatoms. The first-order chi connectivity index (χ1) is 10.6. The van der Waals surface area contributed by atoms with Crippen molar-refractivity contribution in [2.45, 2.75) is 19.8 Å². The summed E-state index contributed by atoms with van der Waals surface area (Å²) >= 11 is 0. The Hall–Kier alpha value is -2.50. The van der Waals surface area contributed by atoms with E-state index in [9.17, 15) is 9.59 Å². The van der Waals surface area contributed by atoms with E-state index in [-0.39, 0.29) is 0 Å². The number of aliphatic carboxylic acids is 1. The van der Waals surface area contributed by atoms with Gasteiger partial charge in [0.25, 0.3) is 0 Å². The number of unbranched alkanes of at least 4 members (excludes halogenated alkanes) is 1. The van der Waals surface area contributed by atoms with Gasteiger partial charge in [-0.25, -0.2) is 0 Å². The number of nitrogens with one attached hydrogen (secondary N) is 1. The molecule has 0 aliphatic heterocycles. The van der Waals surface area contributed by atoms with Crippen LogP contribution in [-0.4, -0.2) is 37.2 Å². The summed E-state index contributed by atoms with van der Waals surface area (Å²) in [7, 11) is 1.55. The molecule has 0 saturated heterocycles. The molecular weight excluding hydrogens is 286 g/mol. The molecule has 120 valence electrons. The third kappa shape index (κ3) is 6.30. The number of ether oxygens (including phenoxy) is 2. The number of carboxylic acids is 1. The van der Waals surface area contributed by atoms with Crippen molar-refractivity contribution >= 4 is 18.0 Å². The van der Waals surface area contributed by atoms with Crippen LogP contribution in [0.2, 0.25) is 0 Å². The van der Waals surface area contributed by atoms with E-state index in [0.717, 1.165) is 18.4 Å². The number of hydrogen-bond acceptors (Lipinski definition) is 4. The molecule has 0 unspecified atom stereocenters. The Morgan fingerprint density at radius 2 is 2.09 bits per heavy atom. The number of hydrogen-bond donors (Lipinski definition) is 2. The third-order valence-electron chi connectivity index (χ3n) is 2.78. The summed E-state index contributed by atoms with van der Waals surface area (Å²) < 4.78 is 10.9. The van der Waals surface area contributed by atoms with Crippen molar-refractivity contribution < 1.29 is 24.2 Å². The maximum atomic E-state index is 11.4. The molecule has 0 bridgehead atoms. The van der Waals surface area contributed by atoms with Crippen LogP contribution in [0.25, 0.3) is 6.08 Å². The van der Waals surface area contributed by atoms with Crippen LogP contribution >= 0.6 is 0 Å². The standard InChI is InChI=1S/C16H21NO5/c1-3-4-9-22-13-7-5-12(10-14(13)21-2)6-8-15(18)17-11-16(19)20/h5-8,10H,3-4,9,11H2,1-2H3,(H,17,18)(H,19,20)/b8-6+. The second-order valence-electron chi connectivity index (χ2n) is 4.56. The second-order valence-corrected chi connectivity index (χ2v) is 4.56. The normalized spacial score (nSPS) is 10.5. The summed E-state index contributed by atoms with van der Waals surface area (Å²) in [5.74, 6) is -0.311. The van der Waals surface area contributed by atoms with Crippen molar-refractivity contribution in [1.82, 2.24) is 5.32 Å². The van der Waals surface area contributed by atoms with Crippen LogP contribution in [-0.2, 0) is 9.59 Å². The van der Waals surface area contributed by atoms with E-state index in [4.69, 9.17) is 14.6 Å². The van der Waals surface area contributed by atoms with E-state index < -0.39 is 18.4 Å². The smallest absolute Gasteiger partial charge is 0.322 e. The molecule has 1 aromatic carbocycles. The quantitative estimate of drug-likeness (QED) is 0.539. The zero-order chi connectivity index (χ0) is 16.4. The van der Waals surface area contributed by atoms with Gasteiger partial charge in [-0.05, 0) is 30.2 Å². The van der Waals surface area contributed by atoms with Crippen LogP contribution in [0.1, 0.15) is 25.3 Å². The number of carboxylic acid groups (broad SMARTS) is 1. The highest BCUT2D eigenvalue weighted by atomic mass is 16.5. The second kappa shape index (κ2) is 9.44. The molecule has 0 spiro atoms. The molecule has 1 rings (SSSR count). The van der Waals surface area contributed by atoms with Crippen LogP contribution in [0.3, 0.4) is 0 Å². The van der Waals surface area contributed by atoms with Crippen LogP contribution < -0.4 is 14.8 Å². The van der Waals surface area contributed by atoms with E-state index in [1.807, 2.05) is 0 Å². The van der Waals surface area contributed by atoms with Gasteiger partial charge in [-0.1, -0.05) is 19.4 Å². The first-order valence-electron chi connectivity index (χ1n) is 7.05. The molecule has 0 fully saturated rings. The topological polar surface area (TPSA) is 84.9 Å². The van der Waals surface area contributed by atoms with Crippen molar-refractivity contribution in [3.05, 3.63) is 29.8 Å². The zero-order valence-corrected chi connectivity index (χ0v) is 12.8. The summed E-state index contributed by atoms with van der Waals surface area (Å²) in [6.07, 6.45) is 4.87. The molecule has 0 saturated carbocycles. The summed E-state index contributed by atoms with van der Waals surface area (Å²) in [5.41, 5.74) is 0.755. The van der Waals surface area contributed by atoms with Crippen molar-refractivity contribution in [3.63, 3.8) is 0 Å². The van der Waals surface area contributed by atoms with E-state index in [2.05, 4.69) is 12.2 Å². The number of carbonyl (C=O) groups excluding carboxylic acids is 1.